The van der Waals surface area contributed by atoms with E-state index >= 15 is 0 Å². The minimum absolute atomic E-state index is 0.780. The second kappa shape index (κ2) is 5.16. The largest absolute Gasteiger partial charge is 0.262 e. The highest BCUT2D eigenvalue weighted by Gasteiger charge is 2.13. The molecule has 19 heavy (non-hydrogen) atoms. The van der Waals surface area contributed by atoms with Crippen molar-refractivity contribution >= 4 is 45.3 Å². The minimum Gasteiger partial charge on any atom is -0.185 e. The zero-order chi connectivity index (χ0) is 13.2. The molecule has 0 aliphatic carbocycles. The standard InChI is InChI=1S/C16H13ClNS/c1-18-14-8-4-5-9-15(14)19-16(18)11-10-12-6-2-3-7-13(12)17/h2-11H,1H3/q+1/b11-10-. The maximum absolute atomic E-state index is 6.15. The highest BCUT2D eigenvalue weighted by Crippen LogP contribution is 2.22. The smallest absolute Gasteiger partial charge is 0.185 e. The van der Waals surface area contributed by atoms with Crippen LogP contribution < -0.4 is 4.57 Å². The molecule has 0 saturated heterocycles. The van der Waals surface area contributed by atoms with Gasteiger partial charge >= 0.3 is 0 Å². The van der Waals surface area contributed by atoms with Crippen LogP contribution in [-0.2, 0) is 7.05 Å². The van der Waals surface area contributed by atoms with Crippen LogP contribution in [0.2, 0.25) is 5.02 Å². The van der Waals surface area contributed by atoms with Crippen LogP contribution in [0.5, 0.6) is 0 Å². The maximum Gasteiger partial charge on any atom is 0.262 e. The van der Waals surface area contributed by atoms with Crippen LogP contribution in [0.1, 0.15) is 10.6 Å². The predicted molar refractivity (Wildman–Crippen MR) is 83.4 cm³/mol. The molecule has 3 aromatic rings. The van der Waals surface area contributed by atoms with Gasteiger partial charge in [0.05, 0.1) is 0 Å². The third-order valence-electron chi connectivity index (χ3n) is 3.08. The number of halogens is 1. The molecule has 3 heteroatoms. The molecule has 94 valence electrons. The first-order valence-electron chi connectivity index (χ1n) is 6.06. The lowest BCUT2D eigenvalue weighted by Crippen LogP contribution is -2.28. The van der Waals surface area contributed by atoms with Crippen LogP contribution in [0.25, 0.3) is 22.4 Å². The highest BCUT2D eigenvalue weighted by atomic mass is 35.5. The molecular formula is C16H13ClNS+. The lowest BCUT2D eigenvalue weighted by atomic mass is 10.2. The summed E-state index contributed by atoms with van der Waals surface area (Å²) in [4.78, 5) is 0. The Morgan fingerprint density at radius 2 is 1.74 bits per heavy atom. The second-order valence-corrected chi connectivity index (χ2v) is 5.79. The van der Waals surface area contributed by atoms with Crippen LogP contribution in [0.15, 0.2) is 48.5 Å². The fraction of sp³-hybridized carbons (Fsp3) is 0.0625. The van der Waals surface area contributed by atoms with Crippen molar-refractivity contribution in [2.24, 2.45) is 7.05 Å². The molecule has 0 amide bonds. The number of thiazole rings is 1. The predicted octanol–water partition coefficient (Wildman–Crippen LogP) is 4.55. The molecule has 0 saturated carbocycles. The summed E-state index contributed by atoms with van der Waals surface area (Å²) >= 11 is 7.94. The number of rotatable bonds is 2. The Kier molecular flexibility index (Phi) is 3.36. The quantitative estimate of drug-likeness (QED) is 0.609. The SMILES string of the molecule is C[n+]1c(/C=C\c2ccccc2Cl)sc2ccccc21. The number of para-hydroxylation sites is 1. The summed E-state index contributed by atoms with van der Waals surface area (Å²) in [5.41, 5.74) is 2.30. The fourth-order valence-electron chi connectivity index (χ4n) is 2.04. The Labute approximate surface area is 121 Å². The maximum atomic E-state index is 6.15. The molecule has 0 radical (unpaired) electrons. The van der Waals surface area contributed by atoms with Gasteiger partial charge in [-0.2, -0.15) is 4.57 Å². The third kappa shape index (κ3) is 2.42. The molecule has 0 aliphatic heterocycles. The van der Waals surface area contributed by atoms with Crippen molar-refractivity contribution in [2.75, 3.05) is 0 Å². The summed E-state index contributed by atoms with van der Waals surface area (Å²) in [5, 5.41) is 1.99. The van der Waals surface area contributed by atoms with Crippen molar-refractivity contribution < 1.29 is 4.57 Å². The monoisotopic (exact) mass is 286 g/mol. The van der Waals surface area contributed by atoms with Crippen molar-refractivity contribution in [2.45, 2.75) is 0 Å². The summed E-state index contributed by atoms with van der Waals surface area (Å²) in [5.74, 6) is 0. The van der Waals surface area contributed by atoms with Gasteiger partial charge in [-0.15, -0.1) is 0 Å². The Hall–Kier alpha value is -1.64. The molecular weight excluding hydrogens is 274 g/mol. The summed E-state index contributed by atoms with van der Waals surface area (Å²) in [7, 11) is 2.09. The van der Waals surface area contributed by atoms with E-state index in [2.05, 4.69) is 48.0 Å². The number of aryl methyl sites for hydroxylation is 1. The molecule has 0 N–H and O–H groups in total. The Bertz CT molecular complexity index is 758. The Balaban J connectivity index is 2.02. The van der Waals surface area contributed by atoms with Gasteiger partial charge in [-0.25, -0.2) is 0 Å². The lowest BCUT2D eigenvalue weighted by molar-refractivity contribution is -0.642. The summed E-state index contributed by atoms with van der Waals surface area (Å²) in [6, 6.07) is 16.3. The number of hydrogen-bond acceptors (Lipinski definition) is 1. The van der Waals surface area contributed by atoms with Gasteiger partial charge in [0.25, 0.3) is 5.01 Å². The first-order chi connectivity index (χ1) is 9.25. The lowest BCUT2D eigenvalue weighted by Gasteiger charge is -1.94. The normalized spacial score (nSPS) is 11.5. The third-order valence-corrected chi connectivity index (χ3v) is 4.61. The van der Waals surface area contributed by atoms with Crippen molar-refractivity contribution in [1.29, 1.82) is 0 Å². The van der Waals surface area contributed by atoms with Gasteiger partial charge in [-0.05, 0) is 23.8 Å². The fourth-order valence-corrected chi connectivity index (χ4v) is 3.29. The average Bonchev–Trinajstić information content (AvgIpc) is 2.75. The number of benzene rings is 2. The molecule has 1 aromatic heterocycles. The van der Waals surface area contributed by atoms with Crippen LogP contribution in [-0.4, -0.2) is 0 Å². The molecule has 0 atom stereocenters. The number of aromatic nitrogens is 1. The summed E-state index contributed by atoms with van der Waals surface area (Å²) in [6.07, 6.45) is 4.18. The van der Waals surface area contributed by atoms with Crippen LogP contribution in [0.4, 0.5) is 0 Å². The zero-order valence-electron chi connectivity index (χ0n) is 10.5. The number of hydrogen-bond donors (Lipinski definition) is 0. The minimum atomic E-state index is 0.780. The first kappa shape index (κ1) is 12.4. The van der Waals surface area contributed by atoms with Crippen LogP contribution in [0, 0.1) is 0 Å². The van der Waals surface area contributed by atoms with Gasteiger partial charge in [0.15, 0.2) is 0 Å². The van der Waals surface area contributed by atoms with Gasteiger partial charge in [-0.1, -0.05) is 53.3 Å². The van der Waals surface area contributed by atoms with Crippen LogP contribution >= 0.6 is 22.9 Å². The van der Waals surface area contributed by atoms with Crippen molar-refractivity contribution in [1.82, 2.24) is 0 Å². The molecule has 0 bridgehead atoms. The van der Waals surface area contributed by atoms with E-state index in [1.165, 1.54) is 15.2 Å². The molecule has 3 rings (SSSR count). The van der Waals surface area contributed by atoms with E-state index in [0.717, 1.165) is 10.6 Å². The molecule has 2 aromatic carbocycles. The van der Waals surface area contributed by atoms with Crippen molar-refractivity contribution in [3.8, 4) is 0 Å². The molecule has 1 heterocycles. The summed E-state index contributed by atoms with van der Waals surface area (Å²) < 4.78 is 3.50. The Morgan fingerprint density at radius 3 is 2.53 bits per heavy atom. The van der Waals surface area contributed by atoms with E-state index in [4.69, 9.17) is 11.6 Å². The van der Waals surface area contributed by atoms with Crippen molar-refractivity contribution in [3.05, 3.63) is 64.1 Å². The molecule has 0 fully saturated rings. The first-order valence-corrected chi connectivity index (χ1v) is 7.25. The van der Waals surface area contributed by atoms with Gasteiger partial charge in [0.1, 0.15) is 11.7 Å². The van der Waals surface area contributed by atoms with Gasteiger partial charge in [-0.3, -0.25) is 0 Å². The van der Waals surface area contributed by atoms with E-state index in [1.54, 1.807) is 11.3 Å². The summed E-state index contributed by atoms with van der Waals surface area (Å²) in [6.45, 7) is 0. The second-order valence-electron chi connectivity index (χ2n) is 4.32. The topological polar surface area (TPSA) is 3.88 Å². The molecule has 0 unspecified atom stereocenters. The van der Waals surface area contributed by atoms with E-state index in [-0.39, 0.29) is 0 Å². The van der Waals surface area contributed by atoms with E-state index in [1.807, 2.05) is 24.3 Å². The zero-order valence-corrected chi connectivity index (χ0v) is 12.1. The van der Waals surface area contributed by atoms with Gasteiger partial charge < -0.3 is 0 Å². The Morgan fingerprint density at radius 1 is 1.00 bits per heavy atom. The van der Waals surface area contributed by atoms with Gasteiger partial charge in [0.2, 0.25) is 5.52 Å². The van der Waals surface area contributed by atoms with Crippen LogP contribution in [0.3, 0.4) is 0 Å². The molecule has 1 nitrogen and oxygen atoms in total. The van der Waals surface area contributed by atoms with E-state index < -0.39 is 0 Å². The molecule has 0 aliphatic rings. The number of nitrogens with zero attached hydrogens (tertiary/aromatic N) is 1. The number of fused-ring (bicyclic) bond motifs is 1. The van der Waals surface area contributed by atoms with E-state index in [0.29, 0.717) is 0 Å². The average molecular weight is 287 g/mol. The van der Waals surface area contributed by atoms with Gasteiger partial charge in [0, 0.05) is 17.2 Å². The van der Waals surface area contributed by atoms with E-state index in [9.17, 15) is 0 Å². The molecule has 0 spiro atoms. The van der Waals surface area contributed by atoms with Crippen molar-refractivity contribution in [3.63, 3.8) is 0 Å². The highest BCUT2D eigenvalue weighted by molar-refractivity contribution is 7.18.